The zero-order valence-electron chi connectivity index (χ0n) is 12.0. The molecule has 104 valence electrons. The van der Waals surface area contributed by atoms with Gasteiger partial charge in [-0.3, -0.25) is 4.79 Å². The molecule has 0 saturated heterocycles. The quantitative estimate of drug-likeness (QED) is 0.787. The van der Waals surface area contributed by atoms with E-state index in [1.54, 1.807) is 0 Å². The van der Waals surface area contributed by atoms with Crippen LogP contribution in [0.25, 0.3) is 0 Å². The maximum absolute atomic E-state index is 12.5. The fourth-order valence-electron chi connectivity index (χ4n) is 3.13. The topological polar surface area (TPSA) is 32.3 Å². The molecule has 18 heavy (non-hydrogen) atoms. The Morgan fingerprint density at radius 1 is 1.22 bits per heavy atom. The predicted octanol–water partition coefficient (Wildman–Crippen LogP) is 2.41. The van der Waals surface area contributed by atoms with Crippen LogP contribution in [0.15, 0.2) is 0 Å². The lowest BCUT2D eigenvalue weighted by Gasteiger charge is -2.31. The van der Waals surface area contributed by atoms with E-state index in [4.69, 9.17) is 0 Å². The summed E-state index contributed by atoms with van der Waals surface area (Å²) in [5.74, 6) is 1.27. The minimum atomic E-state index is 0.124. The maximum atomic E-state index is 12.5. The van der Waals surface area contributed by atoms with Gasteiger partial charge in [-0.15, -0.1) is 0 Å². The minimum Gasteiger partial charge on any atom is -0.339 e. The second kappa shape index (κ2) is 6.55. The Kier molecular flexibility index (Phi) is 5.04. The number of nitrogens with one attached hydrogen (secondary N) is 1. The van der Waals surface area contributed by atoms with Gasteiger partial charge in [0.25, 0.3) is 0 Å². The van der Waals surface area contributed by atoms with Gasteiger partial charge >= 0.3 is 0 Å². The van der Waals surface area contributed by atoms with Crippen molar-refractivity contribution in [2.75, 3.05) is 20.1 Å². The average molecular weight is 252 g/mol. The van der Waals surface area contributed by atoms with E-state index >= 15 is 0 Å². The van der Waals surface area contributed by atoms with Crippen LogP contribution >= 0.6 is 0 Å². The lowest BCUT2D eigenvalue weighted by molar-refractivity contribution is -0.136. The van der Waals surface area contributed by atoms with Crippen LogP contribution in [-0.2, 0) is 4.79 Å². The van der Waals surface area contributed by atoms with Crippen LogP contribution < -0.4 is 5.32 Å². The number of hydrogen-bond acceptors (Lipinski definition) is 2. The van der Waals surface area contributed by atoms with Crippen molar-refractivity contribution in [2.24, 2.45) is 11.8 Å². The lowest BCUT2D eigenvalue weighted by atomic mass is 9.88. The van der Waals surface area contributed by atoms with Crippen LogP contribution in [0.4, 0.5) is 0 Å². The maximum Gasteiger partial charge on any atom is 0.226 e. The number of carbonyl (C=O) groups is 1. The highest BCUT2D eigenvalue weighted by Gasteiger charge is 2.35. The molecule has 0 radical (unpaired) electrons. The van der Waals surface area contributed by atoms with Gasteiger partial charge in [0.15, 0.2) is 0 Å². The average Bonchev–Trinajstić information content (AvgIpc) is 3.21. The molecule has 1 unspecified atom stereocenters. The molecule has 0 heterocycles. The zero-order valence-corrected chi connectivity index (χ0v) is 12.0. The molecule has 2 saturated carbocycles. The monoisotopic (exact) mass is 252 g/mol. The van der Waals surface area contributed by atoms with Crippen LogP contribution in [0.3, 0.4) is 0 Å². The summed E-state index contributed by atoms with van der Waals surface area (Å²) in [5, 5.41) is 3.12. The number of hydrogen-bond donors (Lipinski definition) is 1. The van der Waals surface area contributed by atoms with E-state index in [-0.39, 0.29) is 5.92 Å². The Morgan fingerprint density at radius 2 is 1.89 bits per heavy atom. The van der Waals surface area contributed by atoms with Gasteiger partial charge in [-0.05, 0) is 38.6 Å². The van der Waals surface area contributed by atoms with Gasteiger partial charge in [0, 0.05) is 25.0 Å². The fraction of sp³-hybridized carbons (Fsp3) is 0.933. The van der Waals surface area contributed by atoms with Gasteiger partial charge in [-0.25, -0.2) is 0 Å². The molecule has 0 aromatic rings. The highest BCUT2D eigenvalue weighted by Crippen LogP contribution is 2.32. The first-order chi connectivity index (χ1) is 8.72. The van der Waals surface area contributed by atoms with Gasteiger partial charge < -0.3 is 10.2 Å². The molecule has 1 atom stereocenters. The minimum absolute atomic E-state index is 0.124. The molecule has 0 aliphatic heterocycles. The molecule has 2 aliphatic rings. The predicted molar refractivity (Wildman–Crippen MR) is 74.4 cm³/mol. The Bertz CT molecular complexity index is 270. The molecule has 0 aromatic heterocycles. The molecule has 3 heteroatoms. The summed E-state index contributed by atoms with van der Waals surface area (Å²) in [4.78, 5) is 14.7. The summed E-state index contributed by atoms with van der Waals surface area (Å²) in [7, 11) is 1.92. The van der Waals surface area contributed by atoms with E-state index in [2.05, 4.69) is 17.1 Å². The first kappa shape index (κ1) is 13.9. The third-order valence-corrected chi connectivity index (χ3v) is 4.38. The van der Waals surface area contributed by atoms with Gasteiger partial charge in [-0.2, -0.15) is 0 Å². The van der Waals surface area contributed by atoms with Crippen LogP contribution in [0.5, 0.6) is 0 Å². The first-order valence-electron chi connectivity index (χ1n) is 7.67. The number of carbonyl (C=O) groups excluding carboxylic acids is 1. The number of amides is 1. The molecule has 0 aromatic carbocycles. The highest BCUT2D eigenvalue weighted by atomic mass is 16.2. The molecule has 1 N–H and O–H groups in total. The Labute approximate surface area is 111 Å². The molecular weight excluding hydrogens is 224 g/mol. The standard InChI is InChI=1S/C15H28N2O/c1-12(10-16-2)15(18)17(14-8-9-14)11-13-6-4-3-5-7-13/h12-14,16H,3-11H2,1-2H3. The normalized spacial score (nSPS) is 22.8. The van der Waals surface area contributed by atoms with Crippen molar-refractivity contribution in [2.45, 2.75) is 57.9 Å². The Hall–Kier alpha value is -0.570. The van der Waals surface area contributed by atoms with E-state index < -0.39 is 0 Å². The summed E-state index contributed by atoms with van der Waals surface area (Å²) in [6.45, 7) is 3.87. The second-order valence-electron chi connectivity index (χ2n) is 6.18. The van der Waals surface area contributed by atoms with E-state index in [0.29, 0.717) is 11.9 Å². The molecular formula is C15H28N2O. The molecule has 2 rings (SSSR count). The van der Waals surface area contributed by atoms with Crippen LogP contribution in [0, 0.1) is 11.8 Å². The van der Waals surface area contributed by atoms with E-state index in [0.717, 1.165) is 19.0 Å². The number of rotatable bonds is 6. The smallest absolute Gasteiger partial charge is 0.226 e. The first-order valence-corrected chi connectivity index (χ1v) is 7.67. The van der Waals surface area contributed by atoms with Crippen LogP contribution in [-0.4, -0.2) is 37.0 Å². The van der Waals surface area contributed by atoms with Crippen molar-refractivity contribution in [3.63, 3.8) is 0 Å². The van der Waals surface area contributed by atoms with Gasteiger partial charge in [0.2, 0.25) is 5.91 Å². The molecule has 1 amide bonds. The van der Waals surface area contributed by atoms with Gasteiger partial charge in [-0.1, -0.05) is 26.2 Å². The molecule has 2 aliphatic carbocycles. The van der Waals surface area contributed by atoms with Crippen molar-refractivity contribution < 1.29 is 4.79 Å². The SMILES string of the molecule is CNCC(C)C(=O)N(CC1CCCCC1)C1CC1. The van der Waals surface area contributed by atoms with E-state index in [1.165, 1.54) is 44.9 Å². The Morgan fingerprint density at radius 3 is 2.44 bits per heavy atom. The third-order valence-electron chi connectivity index (χ3n) is 4.38. The summed E-state index contributed by atoms with van der Waals surface area (Å²) < 4.78 is 0. The van der Waals surface area contributed by atoms with Gasteiger partial charge in [0.1, 0.15) is 0 Å². The van der Waals surface area contributed by atoms with Crippen molar-refractivity contribution in [3.8, 4) is 0 Å². The summed E-state index contributed by atoms with van der Waals surface area (Å²) >= 11 is 0. The second-order valence-corrected chi connectivity index (χ2v) is 6.18. The molecule has 2 fully saturated rings. The van der Waals surface area contributed by atoms with Gasteiger partial charge in [0.05, 0.1) is 0 Å². The summed E-state index contributed by atoms with van der Waals surface area (Å²) in [6, 6.07) is 0.568. The lowest BCUT2D eigenvalue weighted by Crippen LogP contribution is -2.42. The summed E-state index contributed by atoms with van der Waals surface area (Å²) in [6.07, 6.45) is 9.24. The number of nitrogens with zero attached hydrogens (tertiary/aromatic N) is 1. The molecule has 0 spiro atoms. The van der Waals surface area contributed by atoms with E-state index in [1.807, 2.05) is 7.05 Å². The Balaban J connectivity index is 1.88. The zero-order chi connectivity index (χ0) is 13.0. The largest absolute Gasteiger partial charge is 0.339 e. The van der Waals surface area contributed by atoms with Crippen molar-refractivity contribution in [1.82, 2.24) is 10.2 Å². The van der Waals surface area contributed by atoms with Crippen LogP contribution in [0.2, 0.25) is 0 Å². The fourth-order valence-corrected chi connectivity index (χ4v) is 3.13. The molecule has 0 bridgehead atoms. The third kappa shape index (κ3) is 3.71. The highest BCUT2D eigenvalue weighted by molar-refractivity contribution is 5.79. The van der Waals surface area contributed by atoms with E-state index in [9.17, 15) is 4.79 Å². The summed E-state index contributed by atoms with van der Waals surface area (Å²) in [5.41, 5.74) is 0. The van der Waals surface area contributed by atoms with Crippen molar-refractivity contribution in [1.29, 1.82) is 0 Å². The van der Waals surface area contributed by atoms with Crippen LogP contribution in [0.1, 0.15) is 51.9 Å². The van der Waals surface area contributed by atoms with Crippen molar-refractivity contribution >= 4 is 5.91 Å². The van der Waals surface area contributed by atoms with Crippen molar-refractivity contribution in [3.05, 3.63) is 0 Å². The molecule has 3 nitrogen and oxygen atoms in total.